The number of esters is 1. The smallest absolute Gasteiger partial charge is 0.305 e. The van der Waals surface area contributed by atoms with E-state index < -0.39 is 5.82 Å². The number of carbonyl (C=O) groups is 2. The summed E-state index contributed by atoms with van der Waals surface area (Å²) in [6, 6.07) is 10.7. The van der Waals surface area contributed by atoms with Crippen LogP contribution < -0.4 is 0 Å². The standard InChI is InChI=1S/C19H16FNO4/c1-25-16(22)9-4-11-2-5-12(6-3-11)18(23)17-14-8-7-13(20)10-15(14)21-19(17)24/h2-3,5-8,10,21,24H,4,9H2,1H3. The monoisotopic (exact) mass is 341 g/mol. The van der Waals surface area contributed by atoms with Crippen LogP contribution in [0.2, 0.25) is 0 Å². The number of carbonyl (C=O) groups excluding carboxylic acids is 2. The number of H-pyrrole nitrogens is 1. The van der Waals surface area contributed by atoms with Crippen LogP contribution in [0.4, 0.5) is 4.39 Å². The van der Waals surface area contributed by atoms with E-state index in [1.165, 1.54) is 25.3 Å². The first kappa shape index (κ1) is 16.7. The molecule has 2 aromatic carbocycles. The van der Waals surface area contributed by atoms with Gasteiger partial charge in [0.1, 0.15) is 5.82 Å². The zero-order chi connectivity index (χ0) is 18.0. The molecule has 0 unspecified atom stereocenters. The van der Waals surface area contributed by atoms with E-state index in [2.05, 4.69) is 9.72 Å². The Kier molecular flexibility index (Phi) is 4.52. The Hall–Kier alpha value is -3.15. The number of rotatable bonds is 5. The number of benzene rings is 2. The van der Waals surface area contributed by atoms with Gasteiger partial charge in [0.05, 0.1) is 18.2 Å². The summed E-state index contributed by atoms with van der Waals surface area (Å²) in [5.74, 6) is -1.41. The summed E-state index contributed by atoms with van der Waals surface area (Å²) in [5, 5.41) is 10.5. The number of halogens is 1. The minimum atomic E-state index is -0.456. The zero-order valence-electron chi connectivity index (χ0n) is 13.5. The number of ether oxygens (including phenoxy) is 1. The molecule has 0 aliphatic carbocycles. The van der Waals surface area contributed by atoms with Crippen LogP contribution in [-0.2, 0) is 16.0 Å². The maximum absolute atomic E-state index is 13.3. The van der Waals surface area contributed by atoms with E-state index in [1.54, 1.807) is 24.3 Å². The summed E-state index contributed by atoms with van der Waals surface area (Å²) in [5.41, 5.74) is 1.75. The quantitative estimate of drug-likeness (QED) is 0.551. The number of fused-ring (bicyclic) bond motifs is 1. The normalized spacial score (nSPS) is 10.8. The molecular weight excluding hydrogens is 325 g/mol. The molecule has 1 aromatic heterocycles. The average Bonchev–Trinajstić information content (AvgIpc) is 2.94. The van der Waals surface area contributed by atoms with Gasteiger partial charge < -0.3 is 14.8 Å². The predicted molar refractivity (Wildman–Crippen MR) is 90.1 cm³/mol. The molecule has 2 N–H and O–H groups in total. The number of hydrogen-bond acceptors (Lipinski definition) is 4. The zero-order valence-corrected chi connectivity index (χ0v) is 13.5. The van der Waals surface area contributed by atoms with Crippen LogP contribution in [0.25, 0.3) is 10.9 Å². The van der Waals surface area contributed by atoms with Gasteiger partial charge in [-0.2, -0.15) is 0 Å². The molecule has 0 radical (unpaired) electrons. The third-order valence-corrected chi connectivity index (χ3v) is 4.03. The first-order valence-corrected chi connectivity index (χ1v) is 7.70. The minimum Gasteiger partial charge on any atom is -0.494 e. The Labute approximate surface area is 143 Å². The first-order chi connectivity index (χ1) is 12.0. The Morgan fingerprint density at radius 2 is 1.88 bits per heavy atom. The Morgan fingerprint density at radius 3 is 2.56 bits per heavy atom. The van der Waals surface area contributed by atoms with E-state index >= 15 is 0 Å². The first-order valence-electron chi connectivity index (χ1n) is 7.70. The second kappa shape index (κ2) is 6.76. The lowest BCUT2D eigenvalue weighted by Gasteiger charge is -2.04. The molecule has 0 atom stereocenters. The lowest BCUT2D eigenvalue weighted by Crippen LogP contribution is -2.03. The number of aromatic hydroxyl groups is 1. The van der Waals surface area contributed by atoms with Crippen LogP contribution in [0, 0.1) is 5.82 Å². The number of nitrogens with one attached hydrogen (secondary N) is 1. The van der Waals surface area contributed by atoms with Gasteiger partial charge in [0.2, 0.25) is 5.88 Å². The van der Waals surface area contributed by atoms with Gasteiger partial charge in [-0.15, -0.1) is 0 Å². The van der Waals surface area contributed by atoms with Crippen molar-refractivity contribution in [1.29, 1.82) is 0 Å². The molecule has 0 fully saturated rings. The molecule has 0 aliphatic rings. The molecule has 5 nitrogen and oxygen atoms in total. The van der Waals surface area contributed by atoms with E-state index in [4.69, 9.17) is 0 Å². The fraction of sp³-hybridized carbons (Fsp3) is 0.158. The second-order valence-corrected chi connectivity index (χ2v) is 5.64. The van der Waals surface area contributed by atoms with Crippen molar-refractivity contribution in [3.63, 3.8) is 0 Å². The fourth-order valence-corrected chi connectivity index (χ4v) is 2.70. The van der Waals surface area contributed by atoms with Crippen LogP contribution in [0.5, 0.6) is 5.88 Å². The highest BCUT2D eigenvalue weighted by molar-refractivity contribution is 6.18. The number of aromatic nitrogens is 1. The summed E-state index contributed by atoms with van der Waals surface area (Å²) >= 11 is 0. The highest BCUT2D eigenvalue weighted by Crippen LogP contribution is 2.30. The number of ketones is 1. The molecule has 0 amide bonds. The molecule has 25 heavy (non-hydrogen) atoms. The number of hydrogen-bond donors (Lipinski definition) is 2. The van der Waals surface area contributed by atoms with E-state index in [-0.39, 0.29) is 29.6 Å². The molecule has 0 saturated carbocycles. The van der Waals surface area contributed by atoms with E-state index in [0.29, 0.717) is 22.9 Å². The average molecular weight is 341 g/mol. The van der Waals surface area contributed by atoms with Crippen molar-refractivity contribution in [2.75, 3.05) is 7.11 Å². The number of aryl methyl sites for hydroxylation is 1. The van der Waals surface area contributed by atoms with Crippen molar-refractivity contribution < 1.29 is 23.8 Å². The molecule has 0 saturated heterocycles. The van der Waals surface area contributed by atoms with Gasteiger partial charge in [0.15, 0.2) is 5.78 Å². The van der Waals surface area contributed by atoms with Gasteiger partial charge in [0, 0.05) is 17.4 Å². The van der Waals surface area contributed by atoms with E-state index in [1.807, 2.05) is 0 Å². The van der Waals surface area contributed by atoms with Gasteiger partial charge in [-0.3, -0.25) is 9.59 Å². The van der Waals surface area contributed by atoms with Gasteiger partial charge >= 0.3 is 5.97 Å². The molecular formula is C19H16FNO4. The van der Waals surface area contributed by atoms with E-state index in [0.717, 1.165) is 5.56 Å². The Bertz CT molecular complexity index is 944. The SMILES string of the molecule is COC(=O)CCc1ccc(C(=O)c2c(O)[nH]c3cc(F)ccc23)cc1. The maximum atomic E-state index is 13.3. The summed E-state index contributed by atoms with van der Waals surface area (Å²) in [7, 11) is 1.34. The largest absolute Gasteiger partial charge is 0.494 e. The highest BCUT2D eigenvalue weighted by Gasteiger charge is 2.20. The van der Waals surface area contributed by atoms with Crippen molar-refractivity contribution in [2.24, 2.45) is 0 Å². The molecule has 3 aromatic rings. The topological polar surface area (TPSA) is 79.4 Å². The van der Waals surface area contributed by atoms with Crippen molar-refractivity contribution in [3.05, 3.63) is 65.0 Å². The number of methoxy groups -OCH3 is 1. The summed E-state index contributed by atoms with van der Waals surface area (Å²) < 4.78 is 17.9. The lowest BCUT2D eigenvalue weighted by atomic mass is 10.00. The van der Waals surface area contributed by atoms with Crippen LogP contribution in [0.15, 0.2) is 42.5 Å². The molecule has 1 heterocycles. The van der Waals surface area contributed by atoms with Crippen molar-refractivity contribution in [2.45, 2.75) is 12.8 Å². The molecule has 0 spiro atoms. The third-order valence-electron chi connectivity index (χ3n) is 4.03. The van der Waals surface area contributed by atoms with Crippen LogP contribution in [-0.4, -0.2) is 29.0 Å². The number of aromatic amines is 1. The van der Waals surface area contributed by atoms with Gasteiger partial charge in [-0.25, -0.2) is 4.39 Å². The lowest BCUT2D eigenvalue weighted by molar-refractivity contribution is -0.140. The fourth-order valence-electron chi connectivity index (χ4n) is 2.70. The van der Waals surface area contributed by atoms with Gasteiger partial charge in [-0.05, 0) is 30.2 Å². The summed E-state index contributed by atoms with van der Waals surface area (Å²) in [4.78, 5) is 26.5. The Balaban J connectivity index is 1.86. The predicted octanol–water partition coefficient (Wildman–Crippen LogP) is 3.35. The van der Waals surface area contributed by atoms with Crippen molar-refractivity contribution >= 4 is 22.7 Å². The highest BCUT2D eigenvalue weighted by atomic mass is 19.1. The van der Waals surface area contributed by atoms with Crippen LogP contribution >= 0.6 is 0 Å². The molecule has 0 bridgehead atoms. The summed E-state index contributed by atoms with van der Waals surface area (Å²) in [6.07, 6.45) is 0.775. The second-order valence-electron chi connectivity index (χ2n) is 5.64. The Morgan fingerprint density at radius 1 is 1.16 bits per heavy atom. The van der Waals surface area contributed by atoms with Crippen molar-refractivity contribution in [3.8, 4) is 5.88 Å². The molecule has 6 heteroatoms. The molecule has 128 valence electrons. The van der Waals surface area contributed by atoms with Gasteiger partial charge in [0.25, 0.3) is 0 Å². The maximum Gasteiger partial charge on any atom is 0.305 e. The van der Waals surface area contributed by atoms with Crippen LogP contribution in [0.3, 0.4) is 0 Å². The minimum absolute atomic E-state index is 0.109. The van der Waals surface area contributed by atoms with Gasteiger partial charge in [-0.1, -0.05) is 24.3 Å². The van der Waals surface area contributed by atoms with Crippen LogP contribution in [0.1, 0.15) is 27.9 Å². The molecule has 0 aliphatic heterocycles. The summed E-state index contributed by atoms with van der Waals surface area (Å²) in [6.45, 7) is 0. The molecule has 3 rings (SSSR count). The van der Waals surface area contributed by atoms with E-state index in [9.17, 15) is 19.1 Å². The van der Waals surface area contributed by atoms with Crippen molar-refractivity contribution in [1.82, 2.24) is 4.98 Å². The third kappa shape index (κ3) is 3.38.